The van der Waals surface area contributed by atoms with Gasteiger partial charge in [0.25, 0.3) is 0 Å². The summed E-state index contributed by atoms with van der Waals surface area (Å²) in [4.78, 5) is 71.2. The Labute approximate surface area is 255 Å². The molecular formula is C31H38N6O7. The number of imidazole rings is 1. The van der Waals surface area contributed by atoms with Gasteiger partial charge in [-0.2, -0.15) is 0 Å². The molecule has 13 heteroatoms. The average Bonchev–Trinajstić information content (AvgIpc) is 3.48. The first kappa shape index (κ1) is 33.3. The number of hydrogen-bond acceptors (Lipinski definition) is 8. The normalized spacial score (nSPS) is 13.1. The molecule has 0 unspecified atom stereocenters. The number of carbonyl (C=O) groups excluding carboxylic acids is 5. The molecule has 3 aromatic rings. The highest BCUT2D eigenvalue weighted by molar-refractivity contribution is 5.95. The van der Waals surface area contributed by atoms with E-state index < -0.39 is 59.9 Å². The van der Waals surface area contributed by atoms with Crippen molar-refractivity contribution in [3.63, 3.8) is 0 Å². The van der Waals surface area contributed by atoms with Crippen molar-refractivity contribution in [2.75, 3.05) is 0 Å². The highest BCUT2D eigenvalue weighted by Crippen LogP contribution is 2.12. The summed E-state index contributed by atoms with van der Waals surface area (Å²) < 4.78 is 10.8. The summed E-state index contributed by atoms with van der Waals surface area (Å²) in [7, 11) is 0. The van der Waals surface area contributed by atoms with Crippen molar-refractivity contribution in [1.29, 1.82) is 0 Å². The van der Waals surface area contributed by atoms with E-state index in [1.165, 1.54) is 12.5 Å². The average molecular weight is 607 g/mol. The molecular weight excluding hydrogens is 568 g/mol. The largest absolute Gasteiger partial charge is 0.458 e. The van der Waals surface area contributed by atoms with Crippen LogP contribution in [-0.4, -0.2) is 63.5 Å². The van der Waals surface area contributed by atoms with E-state index in [2.05, 4.69) is 25.9 Å². The zero-order valence-corrected chi connectivity index (χ0v) is 24.9. The number of aromatic amines is 1. The quantitative estimate of drug-likeness (QED) is 0.171. The molecule has 0 radical (unpaired) electrons. The Morgan fingerprint density at radius 1 is 0.818 bits per heavy atom. The monoisotopic (exact) mass is 606 g/mol. The SMILES string of the molecule is CC(C)(C)OC(=O)[C@@H](Cc1ccccc1)NC(=O)[C@@H](CC(N)=O)NC(=O)[C@@H](Cc1cnc[nH]1)NC(=O)OCc1ccccc1. The summed E-state index contributed by atoms with van der Waals surface area (Å²) in [5.41, 5.74) is 6.57. The Kier molecular flexibility index (Phi) is 12.0. The van der Waals surface area contributed by atoms with Gasteiger partial charge in [-0.25, -0.2) is 14.6 Å². The molecule has 3 rings (SSSR count). The Bertz CT molecular complexity index is 1390. The van der Waals surface area contributed by atoms with Crippen molar-refractivity contribution in [2.24, 2.45) is 5.73 Å². The Morgan fingerprint density at radius 2 is 1.41 bits per heavy atom. The number of rotatable bonds is 14. The summed E-state index contributed by atoms with van der Waals surface area (Å²) >= 11 is 0. The van der Waals surface area contributed by atoms with Crippen LogP contribution in [0.2, 0.25) is 0 Å². The number of esters is 1. The maximum Gasteiger partial charge on any atom is 0.408 e. The van der Waals surface area contributed by atoms with Crippen LogP contribution in [0.5, 0.6) is 0 Å². The lowest BCUT2D eigenvalue weighted by molar-refractivity contribution is -0.158. The van der Waals surface area contributed by atoms with Crippen molar-refractivity contribution in [1.82, 2.24) is 25.9 Å². The van der Waals surface area contributed by atoms with Gasteiger partial charge in [0.15, 0.2) is 0 Å². The van der Waals surface area contributed by atoms with Crippen LogP contribution in [0.15, 0.2) is 73.2 Å². The second kappa shape index (κ2) is 15.9. The van der Waals surface area contributed by atoms with E-state index in [1.54, 1.807) is 69.3 Å². The van der Waals surface area contributed by atoms with Crippen LogP contribution >= 0.6 is 0 Å². The molecule has 1 heterocycles. The third-order valence-electron chi connectivity index (χ3n) is 6.13. The highest BCUT2D eigenvalue weighted by atomic mass is 16.6. The lowest BCUT2D eigenvalue weighted by atomic mass is 10.0. The molecule has 234 valence electrons. The van der Waals surface area contributed by atoms with Gasteiger partial charge >= 0.3 is 12.1 Å². The summed E-state index contributed by atoms with van der Waals surface area (Å²) in [5.74, 6) is -3.20. The topological polar surface area (TPSA) is 195 Å². The molecule has 0 saturated carbocycles. The number of aromatic nitrogens is 2. The number of nitrogens with one attached hydrogen (secondary N) is 4. The summed E-state index contributed by atoms with van der Waals surface area (Å²) in [6, 6.07) is 14.1. The van der Waals surface area contributed by atoms with E-state index >= 15 is 0 Å². The minimum absolute atomic E-state index is 0.0360. The maximum absolute atomic E-state index is 13.4. The van der Waals surface area contributed by atoms with Crippen LogP contribution in [0.1, 0.15) is 44.0 Å². The molecule has 1 aromatic heterocycles. The summed E-state index contributed by atoms with van der Waals surface area (Å²) in [6.07, 6.45) is 1.49. The van der Waals surface area contributed by atoms with Crippen molar-refractivity contribution >= 4 is 29.8 Å². The summed E-state index contributed by atoms with van der Waals surface area (Å²) in [5, 5.41) is 7.58. The predicted molar refractivity (Wildman–Crippen MR) is 160 cm³/mol. The first-order valence-electron chi connectivity index (χ1n) is 14.0. The van der Waals surface area contributed by atoms with E-state index in [0.717, 1.165) is 11.1 Å². The first-order chi connectivity index (χ1) is 20.9. The van der Waals surface area contributed by atoms with Gasteiger partial charge in [0.1, 0.15) is 30.3 Å². The van der Waals surface area contributed by atoms with Crippen LogP contribution in [0.25, 0.3) is 0 Å². The van der Waals surface area contributed by atoms with Crippen molar-refractivity contribution < 1.29 is 33.4 Å². The number of hydrogen-bond donors (Lipinski definition) is 5. The zero-order valence-electron chi connectivity index (χ0n) is 24.9. The number of ether oxygens (including phenoxy) is 2. The Hall–Kier alpha value is -5.20. The van der Waals surface area contributed by atoms with Gasteiger partial charge in [0, 0.05) is 24.7 Å². The molecule has 0 saturated heterocycles. The number of H-pyrrole nitrogens is 1. The predicted octanol–water partition coefficient (Wildman–Crippen LogP) is 1.68. The molecule has 3 atom stereocenters. The standard InChI is InChI=1S/C31H38N6O7/c1-31(2,3)44-29(41)25(14-20-10-6-4-7-11-20)36-28(40)24(16-26(32)38)35-27(39)23(15-22-17-33-19-34-22)37-30(42)43-18-21-12-8-5-9-13-21/h4-13,17,19,23-25H,14-16,18H2,1-3H3,(H2,32,38)(H,33,34)(H,35,39)(H,36,40)(H,37,42)/t23-,24-,25-/m1/s1. The van der Waals surface area contributed by atoms with Crippen molar-refractivity contribution in [3.05, 3.63) is 90.0 Å². The lowest BCUT2D eigenvalue weighted by Crippen LogP contribution is -2.57. The third kappa shape index (κ3) is 11.6. The molecule has 13 nitrogen and oxygen atoms in total. The van der Waals surface area contributed by atoms with Crippen LogP contribution in [0.4, 0.5) is 4.79 Å². The molecule has 6 N–H and O–H groups in total. The molecule has 44 heavy (non-hydrogen) atoms. The van der Waals surface area contributed by atoms with E-state index in [0.29, 0.717) is 5.69 Å². The number of benzene rings is 2. The first-order valence-corrected chi connectivity index (χ1v) is 14.0. The molecule has 0 fully saturated rings. The number of alkyl carbamates (subject to hydrolysis) is 1. The minimum atomic E-state index is -1.47. The Morgan fingerprint density at radius 3 is 1.98 bits per heavy atom. The summed E-state index contributed by atoms with van der Waals surface area (Å²) in [6.45, 7) is 5.05. The third-order valence-corrected chi connectivity index (χ3v) is 6.13. The molecule has 4 amide bonds. The fourth-order valence-corrected chi connectivity index (χ4v) is 4.10. The molecule has 0 aliphatic heterocycles. The van der Waals surface area contributed by atoms with Crippen molar-refractivity contribution in [2.45, 2.75) is 70.4 Å². The van der Waals surface area contributed by atoms with E-state index in [4.69, 9.17) is 15.2 Å². The van der Waals surface area contributed by atoms with Crippen LogP contribution in [0, 0.1) is 0 Å². The molecule has 0 aliphatic rings. The molecule has 0 spiro atoms. The fourth-order valence-electron chi connectivity index (χ4n) is 4.10. The number of primary amides is 1. The number of amides is 4. The zero-order chi connectivity index (χ0) is 32.1. The number of nitrogens with two attached hydrogens (primary N) is 1. The highest BCUT2D eigenvalue weighted by Gasteiger charge is 2.33. The number of nitrogens with zero attached hydrogens (tertiary/aromatic N) is 1. The van der Waals surface area contributed by atoms with E-state index in [9.17, 15) is 24.0 Å². The van der Waals surface area contributed by atoms with Crippen molar-refractivity contribution in [3.8, 4) is 0 Å². The Balaban J connectivity index is 1.76. The van der Waals surface area contributed by atoms with Gasteiger partial charge < -0.3 is 36.1 Å². The lowest BCUT2D eigenvalue weighted by Gasteiger charge is -2.27. The van der Waals surface area contributed by atoms with E-state index in [-0.39, 0.29) is 19.4 Å². The second-order valence-electron chi connectivity index (χ2n) is 11.1. The second-order valence-corrected chi connectivity index (χ2v) is 11.1. The van der Waals surface area contributed by atoms with Gasteiger partial charge in [-0.15, -0.1) is 0 Å². The molecule has 0 bridgehead atoms. The number of carbonyl (C=O) groups is 5. The molecule has 2 aromatic carbocycles. The van der Waals surface area contributed by atoms with Crippen LogP contribution < -0.4 is 21.7 Å². The smallest absolute Gasteiger partial charge is 0.408 e. The van der Waals surface area contributed by atoms with Gasteiger partial charge in [-0.05, 0) is 31.9 Å². The van der Waals surface area contributed by atoms with Gasteiger partial charge in [-0.3, -0.25) is 14.4 Å². The maximum atomic E-state index is 13.4. The van der Waals surface area contributed by atoms with Gasteiger partial charge in [-0.1, -0.05) is 60.7 Å². The van der Waals surface area contributed by atoms with E-state index in [1.807, 2.05) is 12.1 Å². The van der Waals surface area contributed by atoms with Crippen LogP contribution in [-0.2, 0) is 48.1 Å². The molecule has 0 aliphatic carbocycles. The minimum Gasteiger partial charge on any atom is -0.458 e. The fraction of sp³-hybridized carbons (Fsp3) is 0.355. The van der Waals surface area contributed by atoms with Gasteiger partial charge in [0.05, 0.1) is 12.7 Å². The van der Waals surface area contributed by atoms with Gasteiger partial charge in [0.2, 0.25) is 17.7 Å². The van der Waals surface area contributed by atoms with Crippen LogP contribution in [0.3, 0.4) is 0 Å².